The Kier molecular flexibility index (Phi) is 2.58. The molecule has 1 N–H and O–H groups in total. The third kappa shape index (κ3) is 2.51. The summed E-state index contributed by atoms with van der Waals surface area (Å²) in [6.07, 6.45) is 0. The van der Waals surface area contributed by atoms with E-state index in [1.807, 2.05) is 13.0 Å². The zero-order valence-corrected chi connectivity index (χ0v) is 10.3. The summed E-state index contributed by atoms with van der Waals surface area (Å²) >= 11 is 0. The largest absolute Gasteiger partial charge is 0.380 e. The van der Waals surface area contributed by atoms with Gasteiger partial charge in [0.2, 0.25) is 0 Å². The highest BCUT2D eigenvalue weighted by Gasteiger charge is 2.09. The topological polar surface area (TPSA) is 24.9 Å². The number of hydrogen-bond acceptors (Lipinski definition) is 2. The number of pyridine rings is 1. The van der Waals surface area contributed by atoms with Crippen molar-refractivity contribution in [2.24, 2.45) is 0 Å². The van der Waals surface area contributed by atoms with E-state index in [1.54, 1.807) is 0 Å². The first kappa shape index (κ1) is 10.9. The normalized spacial score (nSPS) is 11.8. The summed E-state index contributed by atoms with van der Waals surface area (Å²) in [5.41, 5.74) is 3.31. The van der Waals surface area contributed by atoms with Gasteiger partial charge in [0.15, 0.2) is 0 Å². The van der Waals surface area contributed by atoms with Crippen LogP contribution in [0.25, 0.3) is 10.9 Å². The number of nitrogens with one attached hydrogen (secondary N) is 1. The second kappa shape index (κ2) is 3.78. The Hall–Kier alpha value is -1.57. The Labute approximate surface area is 96.7 Å². The lowest BCUT2D eigenvalue weighted by molar-refractivity contribution is 0.634. The van der Waals surface area contributed by atoms with Crippen LogP contribution in [-0.4, -0.2) is 10.5 Å². The van der Waals surface area contributed by atoms with Gasteiger partial charge in [0, 0.05) is 22.3 Å². The van der Waals surface area contributed by atoms with Gasteiger partial charge >= 0.3 is 0 Å². The van der Waals surface area contributed by atoms with E-state index < -0.39 is 0 Å². The van der Waals surface area contributed by atoms with Crippen LogP contribution in [0.15, 0.2) is 30.3 Å². The first-order valence-corrected chi connectivity index (χ1v) is 5.60. The second-order valence-electron chi connectivity index (χ2n) is 5.24. The van der Waals surface area contributed by atoms with E-state index in [1.165, 1.54) is 5.39 Å². The molecule has 1 aromatic carbocycles. The SMILES string of the molecule is Cc1ccc2ccc(NC(C)(C)C)cc2n1. The minimum atomic E-state index is 0.0809. The highest BCUT2D eigenvalue weighted by molar-refractivity contribution is 5.82. The van der Waals surface area contributed by atoms with Gasteiger partial charge < -0.3 is 5.32 Å². The average molecular weight is 214 g/mol. The summed E-state index contributed by atoms with van der Waals surface area (Å²) in [5.74, 6) is 0. The maximum atomic E-state index is 4.53. The Balaban J connectivity index is 2.43. The highest BCUT2D eigenvalue weighted by Crippen LogP contribution is 2.20. The number of anilines is 1. The van der Waals surface area contributed by atoms with Gasteiger partial charge in [-0.25, -0.2) is 0 Å². The number of benzene rings is 1. The van der Waals surface area contributed by atoms with E-state index in [0.29, 0.717) is 0 Å². The van der Waals surface area contributed by atoms with Gasteiger partial charge in [-0.3, -0.25) is 4.98 Å². The fourth-order valence-electron chi connectivity index (χ4n) is 1.73. The van der Waals surface area contributed by atoms with Crippen LogP contribution in [-0.2, 0) is 0 Å². The fraction of sp³-hybridized carbons (Fsp3) is 0.357. The van der Waals surface area contributed by atoms with Crippen LogP contribution in [0.2, 0.25) is 0 Å². The minimum absolute atomic E-state index is 0.0809. The zero-order chi connectivity index (χ0) is 11.8. The van der Waals surface area contributed by atoms with Gasteiger partial charge in [-0.2, -0.15) is 0 Å². The number of rotatable bonds is 1. The molecule has 0 spiro atoms. The molecule has 0 aliphatic rings. The molecule has 0 fully saturated rings. The summed E-state index contributed by atoms with van der Waals surface area (Å²) in [6.45, 7) is 8.48. The summed E-state index contributed by atoms with van der Waals surface area (Å²) in [4.78, 5) is 4.53. The molecule has 2 heteroatoms. The molecule has 0 unspecified atom stereocenters. The maximum absolute atomic E-state index is 4.53. The summed E-state index contributed by atoms with van der Waals surface area (Å²) in [5, 5.41) is 4.64. The van der Waals surface area contributed by atoms with Crippen LogP contribution < -0.4 is 5.32 Å². The Bertz CT molecular complexity index is 510. The van der Waals surface area contributed by atoms with Crippen LogP contribution in [0.4, 0.5) is 5.69 Å². The van der Waals surface area contributed by atoms with E-state index in [4.69, 9.17) is 0 Å². The van der Waals surface area contributed by atoms with Gasteiger partial charge in [-0.15, -0.1) is 0 Å². The van der Waals surface area contributed by atoms with Crippen LogP contribution in [0, 0.1) is 6.92 Å². The number of fused-ring (bicyclic) bond motifs is 1. The van der Waals surface area contributed by atoms with E-state index in [9.17, 15) is 0 Å². The molecule has 0 aliphatic carbocycles. The average Bonchev–Trinajstić information content (AvgIpc) is 2.14. The van der Waals surface area contributed by atoms with Crippen molar-refractivity contribution < 1.29 is 0 Å². The van der Waals surface area contributed by atoms with E-state index in [-0.39, 0.29) is 5.54 Å². The Morgan fingerprint density at radius 1 is 1.06 bits per heavy atom. The number of aryl methyl sites for hydroxylation is 1. The minimum Gasteiger partial charge on any atom is -0.380 e. The molecular formula is C14H18N2. The first-order chi connectivity index (χ1) is 7.44. The van der Waals surface area contributed by atoms with Crippen LogP contribution in [0.1, 0.15) is 26.5 Å². The molecule has 2 nitrogen and oxygen atoms in total. The van der Waals surface area contributed by atoms with Gasteiger partial charge in [0.1, 0.15) is 0 Å². The molecule has 1 heterocycles. The van der Waals surface area contributed by atoms with Crippen molar-refractivity contribution in [2.75, 3.05) is 5.32 Å². The van der Waals surface area contributed by atoms with Crippen molar-refractivity contribution >= 4 is 16.6 Å². The van der Waals surface area contributed by atoms with Crippen LogP contribution in [0.3, 0.4) is 0 Å². The first-order valence-electron chi connectivity index (χ1n) is 5.60. The summed E-state index contributed by atoms with van der Waals surface area (Å²) < 4.78 is 0. The molecule has 1 aromatic heterocycles. The van der Waals surface area contributed by atoms with Gasteiger partial charge in [-0.1, -0.05) is 12.1 Å². The predicted octanol–water partition coefficient (Wildman–Crippen LogP) is 3.75. The van der Waals surface area contributed by atoms with Crippen molar-refractivity contribution in [1.82, 2.24) is 4.98 Å². The van der Waals surface area contributed by atoms with Crippen molar-refractivity contribution in [3.63, 3.8) is 0 Å². The molecule has 0 aliphatic heterocycles. The molecule has 2 rings (SSSR count). The standard InChI is InChI=1S/C14H18N2/c1-10-5-6-11-7-8-12(9-13(11)15-10)16-14(2,3)4/h5-9,16H,1-4H3. The van der Waals surface area contributed by atoms with E-state index in [0.717, 1.165) is 16.9 Å². The molecule has 0 saturated heterocycles. The molecule has 0 bridgehead atoms. The molecule has 2 aromatic rings. The Morgan fingerprint density at radius 3 is 2.44 bits per heavy atom. The number of aromatic nitrogens is 1. The van der Waals surface area contributed by atoms with Crippen LogP contribution in [0.5, 0.6) is 0 Å². The van der Waals surface area contributed by atoms with E-state index in [2.05, 4.69) is 55.3 Å². The molecule has 0 radical (unpaired) electrons. The van der Waals surface area contributed by atoms with Crippen LogP contribution >= 0.6 is 0 Å². The summed E-state index contributed by atoms with van der Waals surface area (Å²) in [6, 6.07) is 10.5. The van der Waals surface area contributed by atoms with Gasteiger partial charge in [0.05, 0.1) is 5.52 Å². The molecule has 16 heavy (non-hydrogen) atoms. The Morgan fingerprint density at radius 2 is 1.75 bits per heavy atom. The fourth-order valence-corrected chi connectivity index (χ4v) is 1.73. The van der Waals surface area contributed by atoms with Gasteiger partial charge in [-0.05, 0) is 45.9 Å². The van der Waals surface area contributed by atoms with Crippen molar-refractivity contribution in [2.45, 2.75) is 33.2 Å². The second-order valence-corrected chi connectivity index (χ2v) is 5.24. The predicted molar refractivity (Wildman–Crippen MR) is 69.9 cm³/mol. The van der Waals surface area contributed by atoms with Gasteiger partial charge in [0.25, 0.3) is 0 Å². The smallest absolute Gasteiger partial charge is 0.0725 e. The lowest BCUT2D eigenvalue weighted by Gasteiger charge is -2.22. The molecule has 0 amide bonds. The molecule has 0 saturated carbocycles. The maximum Gasteiger partial charge on any atom is 0.0725 e. The molecule has 0 atom stereocenters. The number of nitrogens with zero attached hydrogens (tertiary/aromatic N) is 1. The monoisotopic (exact) mass is 214 g/mol. The summed E-state index contributed by atoms with van der Waals surface area (Å²) in [7, 11) is 0. The third-order valence-corrected chi connectivity index (χ3v) is 2.35. The van der Waals surface area contributed by atoms with Crippen molar-refractivity contribution in [3.05, 3.63) is 36.0 Å². The van der Waals surface area contributed by atoms with Crippen molar-refractivity contribution in [3.8, 4) is 0 Å². The number of hydrogen-bond donors (Lipinski definition) is 1. The third-order valence-electron chi connectivity index (χ3n) is 2.35. The lowest BCUT2D eigenvalue weighted by atomic mass is 10.1. The quantitative estimate of drug-likeness (QED) is 0.782. The lowest BCUT2D eigenvalue weighted by Crippen LogP contribution is -2.25. The molecule has 84 valence electrons. The van der Waals surface area contributed by atoms with Crippen molar-refractivity contribution in [1.29, 1.82) is 0 Å². The zero-order valence-electron chi connectivity index (χ0n) is 10.3. The van der Waals surface area contributed by atoms with E-state index >= 15 is 0 Å². The highest BCUT2D eigenvalue weighted by atomic mass is 14.9. The molecular weight excluding hydrogens is 196 g/mol.